The fourth-order valence-electron chi connectivity index (χ4n) is 0.316. The summed E-state index contributed by atoms with van der Waals surface area (Å²) in [5.74, 6) is 0. The lowest BCUT2D eigenvalue weighted by Crippen LogP contribution is -2.29. The average Bonchev–Trinajstić information content (AvgIpc) is 2.21. The van der Waals surface area contributed by atoms with E-state index in [2.05, 4.69) is 9.44 Å². The fraction of sp³-hybridized carbons (Fsp3) is 0.667. The van der Waals surface area contributed by atoms with Gasteiger partial charge in [0.15, 0.2) is 0 Å². The molecule has 0 aliphatic carbocycles. The maximum Gasteiger partial charge on any atom is 0.327 e. The molecule has 4 amide bonds. The molecule has 10 heteroatoms. The van der Waals surface area contributed by atoms with Crippen LogP contribution in [0.3, 0.4) is 0 Å². The average molecular weight is 302 g/mol. The molecule has 0 saturated carbocycles. The molecule has 0 aromatic carbocycles. The number of nitrogens with one attached hydrogen (secondary N) is 2. The molecule has 0 bridgehead atoms. The summed E-state index contributed by atoms with van der Waals surface area (Å²) >= 11 is 0. The molecule has 6 nitrogen and oxygen atoms in total. The summed E-state index contributed by atoms with van der Waals surface area (Å²) in [5.41, 5.74) is 0. The van der Waals surface area contributed by atoms with E-state index >= 15 is 0 Å². The third-order valence-electron chi connectivity index (χ3n) is 1.17. The number of rotatable bonds is 5. The summed E-state index contributed by atoms with van der Waals surface area (Å²) in [6.07, 6.45) is 0. The van der Waals surface area contributed by atoms with Crippen molar-refractivity contribution in [1.82, 2.24) is 19.2 Å². The lowest BCUT2D eigenvalue weighted by Gasteiger charge is -2.11. The van der Waals surface area contributed by atoms with E-state index in [1.54, 1.807) is 28.2 Å². The second-order valence-electron chi connectivity index (χ2n) is 2.91. The lowest BCUT2D eigenvalue weighted by molar-refractivity contribution is 0.223. The lowest BCUT2D eigenvalue weighted by atomic mass is 10.9. The summed E-state index contributed by atoms with van der Waals surface area (Å²) in [5, 5.41) is 0. The number of hydrogen-bond donors (Lipinski definition) is 2. The monoisotopic (exact) mass is 302 g/mol. The molecule has 0 spiro atoms. The minimum atomic E-state index is -0.166. The molecule has 0 rings (SSSR count). The van der Waals surface area contributed by atoms with Gasteiger partial charge in [0.1, 0.15) is 0 Å². The summed E-state index contributed by atoms with van der Waals surface area (Å²) in [6.45, 7) is 0. The van der Waals surface area contributed by atoms with Crippen LogP contribution in [0, 0.1) is 0 Å². The molecule has 94 valence electrons. The Kier molecular flexibility index (Phi) is 8.99. The molecule has 0 aromatic heterocycles. The van der Waals surface area contributed by atoms with Crippen molar-refractivity contribution in [2.45, 2.75) is 0 Å². The Balaban J connectivity index is 3.35. The number of carbonyl (C=O) groups excluding carboxylic acids is 2. The minimum Gasteiger partial charge on any atom is -0.330 e. The van der Waals surface area contributed by atoms with E-state index in [-0.39, 0.29) is 12.1 Å². The SMILES string of the molecule is CN(C)C(=O)NSSSSNC(=O)N(C)C. The van der Waals surface area contributed by atoms with Gasteiger partial charge in [-0.15, -0.1) is 0 Å². The first-order valence-electron chi connectivity index (χ1n) is 4.05. The van der Waals surface area contributed by atoms with Crippen molar-refractivity contribution in [1.29, 1.82) is 0 Å². The van der Waals surface area contributed by atoms with Gasteiger partial charge in [-0.1, -0.05) is 0 Å². The quantitative estimate of drug-likeness (QED) is 0.460. The molecule has 0 radical (unpaired) electrons. The predicted molar refractivity (Wildman–Crippen MR) is 74.8 cm³/mol. The van der Waals surface area contributed by atoms with Crippen molar-refractivity contribution in [3.63, 3.8) is 0 Å². The molecule has 0 aliphatic rings. The molecule has 0 aliphatic heterocycles. The van der Waals surface area contributed by atoms with Crippen LogP contribution >= 0.6 is 41.6 Å². The van der Waals surface area contributed by atoms with E-state index in [1.165, 1.54) is 51.4 Å². The number of urea groups is 2. The van der Waals surface area contributed by atoms with Gasteiger partial charge < -0.3 is 9.80 Å². The van der Waals surface area contributed by atoms with Crippen molar-refractivity contribution in [3.8, 4) is 0 Å². The number of carbonyl (C=O) groups is 2. The Morgan fingerprint density at radius 3 is 1.38 bits per heavy atom. The van der Waals surface area contributed by atoms with Crippen molar-refractivity contribution in [2.24, 2.45) is 0 Å². The molecule has 2 N–H and O–H groups in total. The van der Waals surface area contributed by atoms with Gasteiger partial charge >= 0.3 is 12.1 Å². The maximum atomic E-state index is 11.1. The van der Waals surface area contributed by atoms with Gasteiger partial charge in [-0.25, -0.2) is 9.59 Å². The van der Waals surface area contributed by atoms with Crippen LogP contribution in [0.2, 0.25) is 0 Å². The smallest absolute Gasteiger partial charge is 0.327 e. The Morgan fingerprint density at radius 2 is 1.12 bits per heavy atom. The van der Waals surface area contributed by atoms with Gasteiger partial charge in [0.2, 0.25) is 0 Å². The molecule has 0 unspecified atom stereocenters. The number of amides is 4. The zero-order valence-corrected chi connectivity index (χ0v) is 12.6. The first-order valence-corrected chi connectivity index (χ1v) is 8.87. The van der Waals surface area contributed by atoms with Crippen molar-refractivity contribution >= 4 is 53.7 Å². The van der Waals surface area contributed by atoms with Crippen LogP contribution in [0.1, 0.15) is 0 Å². The number of hydrogen-bond acceptors (Lipinski definition) is 6. The first-order chi connectivity index (χ1) is 7.45. The standard InChI is InChI=1S/C6H14N4O2S4/c1-9(2)5(11)7-13-15-16-14-8-6(12)10(3)4/h1-4H3,(H,7,11)(H,8,12). The normalized spacial score (nSPS) is 9.50. The Bertz CT molecular complexity index is 215. The topological polar surface area (TPSA) is 64.7 Å². The van der Waals surface area contributed by atoms with E-state index < -0.39 is 0 Å². The zero-order valence-electron chi connectivity index (χ0n) is 9.34. The molecule has 0 fully saturated rings. The Labute approximate surface area is 110 Å². The van der Waals surface area contributed by atoms with Crippen LogP contribution in [-0.2, 0) is 0 Å². The van der Waals surface area contributed by atoms with Crippen molar-refractivity contribution < 1.29 is 9.59 Å². The van der Waals surface area contributed by atoms with Crippen LogP contribution in [0.4, 0.5) is 9.59 Å². The second kappa shape index (κ2) is 9.02. The van der Waals surface area contributed by atoms with Crippen LogP contribution in [0.25, 0.3) is 0 Å². The molecular weight excluding hydrogens is 288 g/mol. The van der Waals surface area contributed by atoms with E-state index in [1.807, 2.05) is 0 Å². The minimum absolute atomic E-state index is 0.166. The zero-order chi connectivity index (χ0) is 12.6. The second-order valence-corrected chi connectivity index (χ2v) is 8.19. The van der Waals surface area contributed by atoms with Gasteiger partial charge in [0.25, 0.3) is 0 Å². The molecule has 0 aromatic rings. The predicted octanol–water partition coefficient (Wildman–Crippen LogP) is 2.04. The van der Waals surface area contributed by atoms with Crippen LogP contribution in [0.15, 0.2) is 0 Å². The third kappa shape index (κ3) is 8.13. The van der Waals surface area contributed by atoms with Crippen LogP contribution in [-0.4, -0.2) is 50.1 Å². The molecular formula is C6H14N4O2S4. The molecule has 0 atom stereocenters. The largest absolute Gasteiger partial charge is 0.330 e. The summed E-state index contributed by atoms with van der Waals surface area (Å²) in [6, 6.07) is -0.333. The fourth-order valence-corrected chi connectivity index (χ4v) is 4.36. The highest BCUT2D eigenvalue weighted by Crippen LogP contribution is 2.39. The van der Waals surface area contributed by atoms with E-state index in [9.17, 15) is 9.59 Å². The molecule has 16 heavy (non-hydrogen) atoms. The highest BCUT2D eigenvalue weighted by atomic mass is 33.7. The highest BCUT2D eigenvalue weighted by molar-refractivity contribution is 9.25. The molecule has 0 saturated heterocycles. The maximum absolute atomic E-state index is 11.1. The third-order valence-corrected chi connectivity index (χ3v) is 6.17. The summed E-state index contributed by atoms with van der Waals surface area (Å²) < 4.78 is 5.20. The number of nitrogens with zero attached hydrogens (tertiary/aromatic N) is 2. The Hall–Kier alpha value is -0.0600. The van der Waals surface area contributed by atoms with Gasteiger partial charge in [-0.2, -0.15) is 0 Å². The van der Waals surface area contributed by atoms with E-state index in [0.717, 1.165) is 0 Å². The first kappa shape index (κ1) is 15.9. The van der Waals surface area contributed by atoms with Gasteiger partial charge in [-0.3, -0.25) is 9.44 Å². The Morgan fingerprint density at radius 1 is 0.812 bits per heavy atom. The van der Waals surface area contributed by atoms with Gasteiger partial charge in [-0.05, 0) is 0 Å². The van der Waals surface area contributed by atoms with E-state index in [0.29, 0.717) is 0 Å². The van der Waals surface area contributed by atoms with Crippen molar-refractivity contribution in [3.05, 3.63) is 0 Å². The summed E-state index contributed by atoms with van der Waals surface area (Å²) in [4.78, 5) is 25.0. The summed E-state index contributed by atoms with van der Waals surface area (Å²) in [7, 11) is 11.8. The highest BCUT2D eigenvalue weighted by Gasteiger charge is 2.04. The van der Waals surface area contributed by atoms with Crippen molar-refractivity contribution in [2.75, 3.05) is 28.2 Å². The van der Waals surface area contributed by atoms with Gasteiger partial charge in [0, 0.05) is 69.8 Å². The van der Waals surface area contributed by atoms with E-state index in [4.69, 9.17) is 0 Å². The van der Waals surface area contributed by atoms with Crippen LogP contribution < -0.4 is 9.44 Å². The van der Waals surface area contributed by atoms with Crippen LogP contribution in [0.5, 0.6) is 0 Å². The molecule has 0 heterocycles. The van der Waals surface area contributed by atoms with Gasteiger partial charge in [0.05, 0.1) is 0 Å².